The molecule has 1 aliphatic carbocycles. The molecule has 7 rings (SSSR count). The number of anilines is 3. The number of thiazole rings is 3. The fraction of sp³-hybridized carbons (Fsp3) is 0.200. The summed E-state index contributed by atoms with van der Waals surface area (Å²) in [6.07, 6.45) is 8.20. The second kappa shape index (κ2) is 12.3. The Bertz CT molecular complexity index is 1510. The Labute approximate surface area is 255 Å². The molecule has 42 heavy (non-hydrogen) atoms. The third-order valence-electron chi connectivity index (χ3n) is 6.98. The fourth-order valence-electron chi connectivity index (χ4n) is 5.11. The van der Waals surface area contributed by atoms with E-state index in [1.54, 1.807) is 52.6 Å². The van der Waals surface area contributed by atoms with Gasteiger partial charge in [0.2, 0.25) is 0 Å². The van der Waals surface area contributed by atoms with Crippen molar-refractivity contribution in [2.45, 2.75) is 37.4 Å². The lowest BCUT2D eigenvalue weighted by Gasteiger charge is -2.36. The number of pyridine rings is 3. The Morgan fingerprint density at radius 2 is 0.786 bits per heavy atom. The average molecular weight is 610 g/mol. The van der Waals surface area contributed by atoms with Gasteiger partial charge < -0.3 is 16.0 Å². The van der Waals surface area contributed by atoms with E-state index in [2.05, 4.69) is 47.0 Å². The minimum atomic E-state index is 0.210. The Kier molecular flexibility index (Phi) is 7.81. The molecule has 0 saturated heterocycles. The Hall–Kier alpha value is -4.26. The van der Waals surface area contributed by atoms with Crippen LogP contribution in [0.15, 0.2) is 89.3 Å². The second-order valence-corrected chi connectivity index (χ2v) is 12.6. The monoisotopic (exact) mass is 609 g/mol. The lowest BCUT2D eigenvalue weighted by atomic mass is 9.87. The highest BCUT2D eigenvalue weighted by Gasteiger charge is 2.31. The van der Waals surface area contributed by atoms with Crippen LogP contribution in [0.2, 0.25) is 0 Å². The van der Waals surface area contributed by atoms with Gasteiger partial charge in [-0.25, -0.2) is 15.0 Å². The van der Waals surface area contributed by atoms with Gasteiger partial charge in [0.25, 0.3) is 0 Å². The highest BCUT2D eigenvalue weighted by atomic mass is 32.1. The van der Waals surface area contributed by atoms with Crippen LogP contribution in [-0.4, -0.2) is 48.0 Å². The molecule has 1 fully saturated rings. The molecule has 1 aliphatic rings. The molecule has 0 radical (unpaired) electrons. The highest BCUT2D eigenvalue weighted by Crippen LogP contribution is 2.33. The summed E-state index contributed by atoms with van der Waals surface area (Å²) >= 11 is 4.84. The first-order valence-corrected chi connectivity index (χ1v) is 16.3. The summed E-state index contributed by atoms with van der Waals surface area (Å²) < 4.78 is 0. The van der Waals surface area contributed by atoms with Crippen LogP contribution < -0.4 is 16.0 Å². The van der Waals surface area contributed by atoms with Crippen molar-refractivity contribution in [3.8, 4) is 34.2 Å². The van der Waals surface area contributed by atoms with E-state index < -0.39 is 0 Å². The van der Waals surface area contributed by atoms with E-state index in [1.807, 2.05) is 54.6 Å². The van der Waals surface area contributed by atoms with Gasteiger partial charge in [0.15, 0.2) is 15.4 Å². The van der Waals surface area contributed by atoms with Crippen LogP contribution in [0.25, 0.3) is 34.2 Å². The molecule has 0 aliphatic heterocycles. The van der Waals surface area contributed by atoms with Gasteiger partial charge >= 0.3 is 0 Å². The molecule has 6 heterocycles. The average Bonchev–Trinajstić information content (AvgIpc) is 3.81. The number of nitrogens with zero attached hydrogens (tertiary/aromatic N) is 6. The molecule has 6 aromatic rings. The molecular weight excluding hydrogens is 583 g/mol. The van der Waals surface area contributed by atoms with Crippen LogP contribution in [0.4, 0.5) is 15.4 Å². The molecule has 0 unspecified atom stereocenters. The van der Waals surface area contributed by atoms with Crippen LogP contribution in [0.1, 0.15) is 19.3 Å². The number of aromatic nitrogens is 6. The van der Waals surface area contributed by atoms with Gasteiger partial charge in [-0.1, -0.05) is 18.2 Å². The van der Waals surface area contributed by atoms with Crippen LogP contribution in [0.5, 0.6) is 0 Å². The summed E-state index contributed by atoms with van der Waals surface area (Å²) in [4.78, 5) is 27.9. The summed E-state index contributed by atoms with van der Waals surface area (Å²) in [6, 6.07) is 18.3. The first-order chi connectivity index (χ1) is 20.7. The van der Waals surface area contributed by atoms with E-state index >= 15 is 0 Å². The smallest absolute Gasteiger partial charge is 0.183 e. The van der Waals surface area contributed by atoms with E-state index in [4.69, 9.17) is 15.0 Å². The summed E-state index contributed by atoms with van der Waals surface area (Å²) in [7, 11) is 0. The molecule has 3 N–H and O–H groups in total. The van der Waals surface area contributed by atoms with Crippen LogP contribution >= 0.6 is 34.0 Å². The second-order valence-electron chi connectivity index (χ2n) is 9.99. The summed E-state index contributed by atoms with van der Waals surface area (Å²) in [5.74, 6) is 0. The molecule has 0 atom stereocenters. The third-order valence-corrected chi connectivity index (χ3v) is 9.30. The van der Waals surface area contributed by atoms with Crippen molar-refractivity contribution in [1.29, 1.82) is 0 Å². The van der Waals surface area contributed by atoms with Crippen LogP contribution in [0, 0.1) is 0 Å². The zero-order valence-corrected chi connectivity index (χ0v) is 24.9. The van der Waals surface area contributed by atoms with Gasteiger partial charge in [-0.15, -0.1) is 34.0 Å². The van der Waals surface area contributed by atoms with E-state index in [9.17, 15) is 0 Å². The number of hydrogen-bond acceptors (Lipinski definition) is 12. The summed E-state index contributed by atoms with van der Waals surface area (Å²) in [5.41, 5.74) is 5.30. The molecular formula is C30H27N9S3. The minimum absolute atomic E-state index is 0.210. The van der Waals surface area contributed by atoms with Crippen molar-refractivity contribution in [3.63, 3.8) is 0 Å². The van der Waals surface area contributed by atoms with Crippen molar-refractivity contribution in [1.82, 2.24) is 29.9 Å². The maximum Gasteiger partial charge on any atom is 0.183 e. The first kappa shape index (κ1) is 26.6. The van der Waals surface area contributed by atoms with Crippen LogP contribution in [0.3, 0.4) is 0 Å². The summed E-state index contributed by atoms with van der Waals surface area (Å²) in [5, 5.41) is 20.0. The Balaban J connectivity index is 1.08. The maximum absolute atomic E-state index is 4.84. The normalized spacial score (nSPS) is 18.4. The van der Waals surface area contributed by atoms with Crippen molar-refractivity contribution in [3.05, 3.63) is 89.3 Å². The minimum Gasteiger partial charge on any atom is -0.359 e. The van der Waals surface area contributed by atoms with Gasteiger partial charge in [-0.3, -0.25) is 15.0 Å². The topological polar surface area (TPSA) is 113 Å². The Morgan fingerprint density at radius 1 is 0.452 bits per heavy atom. The van der Waals surface area contributed by atoms with E-state index in [0.717, 1.165) is 68.8 Å². The molecule has 6 aromatic heterocycles. The van der Waals surface area contributed by atoms with Gasteiger partial charge in [0.05, 0.1) is 17.1 Å². The highest BCUT2D eigenvalue weighted by molar-refractivity contribution is 7.14. The molecule has 0 aromatic carbocycles. The number of nitrogens with one attached hydrogen (secondary N) is 3. The largest absolute Gasteiger partial charge is 0.359 e. The lowest BCUT2D eigenvalue weighted by Crippen LogP contribution is -2.43. The predicted octanol–water partition coefficient (Wildman–Crippen LogP) is 7.17. The third kappa shape index (κ3) is 6.30. The zero-order valence-electron chi connectivity index (χ0n) is 22.4. The molecule has 0 bridgehead atoms. The quantitative estimate of drug-likeness (QED) is 0.157. The van der Waals surface area contributed by atoms with Crippen molar-refractivity contribution >= 4 is 49.4 Å². The first-order valence-electron chi connectivity index (χ1n) is 13.7. The van der Waals surface area contributed by atoms with Crippen LogP contribution in [-0.2, 0) is 0 Å². The molecule has 0 spiro atoms. The predicted molar refractivity (Wildman–Crippen MR) is 172 cm³/mol. The van der Waals surface area contributed by atoms with Crippen molar-refractivity contribution in [2.24, 2.45) is 0 Å². The molecule has 210 valence electrons. The maximum atomic E-state index is 4.84. The molecule has 9 nitrogen and oxygen atoms in total. The standard InChI is InChI=1S/C30H27N9S3/c1-4-10-31-22(7-1)25-16-40-28(37-25)34-19-13-20(35-29-38-26(17-41-29)23-8-2-5-11-32-23)15-21(14-19)36-30-39-27(18-42-30)24-9-3-6-12-33-24/h1-12,16-21H,13-15H2,(H,34,37)(H,35,38)(H,36,39)/t19-,20+,21-. The SMILES string of the molecule is c1ccc(-c2csc(N[C@H]3C[C@@H](Nc4nc(-c5ccccn5)cs4)C[C@@H](Nc4nc(-c5ccccn5)cs4)C3)n2)nc1. The van der Waals surface area contributed by atoms with Crippen molar-refractivity contribution in [2.75, 3.05) is 16.0 Å². The molecule has 12 heteroatoms. The summed E-state index contributed by atoms with van der Waals surface area (Å²) in [6.45, 7) is 0. The van der Waals surface area contributed by atoms with E-state index in [-0.39, 0.29) is 18.1 Å². The van der Waals surface area contributed by atoms with E-state index in [1.165, 1.54) is 0 Å². The lowest BCUT2D eigenvalue weighted by molar-refractivity contribution is 0.397. The van der Waals surface area contributed by atoms with Gasteiger partial charge in [-0.05, 0) is 55.7 Å². The van der Waals surface area contributed by atoms with E-state index in [0.29, 0.717) is 0 Å². The number of hydrogen-bond donors (Lipinski definition) is 3. The Morgan fingerprint density at radius 3 is 1.07 bits per heavy atom. The number of rotatable bonds is 9. The van der Waals surface area contributed by atoms with Crippen molar-refractivity contribution < 1.29 is 0 Å². The van der Waals surface area contributed by atoms with Gasteiger partial charge in [0, 0.05) is 52.9 Å². The van der Waals surface area contributed by atoms with Gasteiger partial charge in [0.1, 0.15) is 17.1 Å². The zero-order chi connectivity index (χ0) is 28.1. The van der Waals surface area contributed by atoms with Gasteiger partial charge in [-0.2, -0.15) is 0 Å². The molecule has 0 amide bonds. The fourth-order valence-corrected chi connectivity index (χ4v) is 7.46. The molecule has 1 saturated carbocycles.